The number of hydrogen-bond acceptors (Lipinski definition) is 10. The van der Waals surface area contributed by atoms with E-state index in [-0.39, 0.29) is 22.1 Å². The SMILES string of the molecule is CN(C)[C@@H]1C(=O)C(C(N)=O)C(=O)[C@@]2(O)C(=O)C3=C(O)c4c(O)cccc4[C@@](C)(O)[C@H]3[C@H](O)[C@@H]12.O.O. The molecule has 192 valence electrons. The lowest BCUT2D eigenvalue weighted by Gasteiger charge is -2.55. The lowest BCUT2D eigenvalue weighted by atomic mass is 9.51. The number of hydrogen-bond donors (Lipinski definition) is 6. The number of rotatable bonds is 2. The van der Waals surface area contributed by atoms with Gasteiger partial charge in [0.25, 0.3) is 0 Å². The fourth-order valence-corrected chi connectivity index (χ4v) is 5.74. The number of ketones is 3. The number of fused-ring (bicyclic) bond motifs is 3. The van der Waals surface area contributed by atoms with Gasteiger partial charge in [-0.25, -0.2) is 0 Å². The van der Waals surface area contributed by atoms with Crippen LogP contribution in [0.1, 0.15) is 18.1 Å². The van der Waals surface area contributed by atoms with Gasteiger partial charge in [0.15, 0.2) is 23.1 Å². The van der Waals surface area contributed by atoms with E-state index in [1.165, 1.54) is 44.1 Å². The molecule has 0 bridgehead atoms. The highest BCUT2D eigenvalue weighted by atomic mass is 16.3. The average Bonchev–Trinajstić information content (AvgIpc) is 2.70. The molecule has 11 N–H and O–H groups in total. The summed E-state index contributed by atoms with van der Waals surface area (Å²) in [6, 6.07) is 2.48. The molecule has 1 aromatic carbocycles. The number of likely N-dealkylation sites (N-methyl/N-ethyl adjacent to an activating group) is 1. The summed E-state index contributed by atoms with van der Waals surface area (Å²) in [5.41, 5.74) is -0.914. The third-order valence-corrected chi connectivity index (χ3v) is 7.17. The van der Waals surface area contributed by atoms with Crippen LogP contribution in [0.5, 0.6) is 5.75 Å². The third kappa shape index (κ3) is 3.24. The zero-order chi connectivity index (χ0) is 24.8. The summed E-state index contributed by atoms with van der Waals surface area (Å²) < 4.78 is 0. The van der Waals surface area contributed by atoms with Crippen LogP contribution in [0.4, 0.5) is 0 Å². The smallest absolute Gasteiger partial charge is 0.235 e. The van der Waals surface area contributed by atoms with E-state index < -0.39 is 81.4 Å². The van der Waals surface area contributed by atoms with Gasteiger partial charge in [-0.1, -0.05) is 12.1 Å². The maximum absolute atomic E-state index is 13.7. The first kappa shape index (κ1) is 28.0. The van der Waals surface area contributed by atoms with Gasteiger partial charge < -0.3 is 42.2 Å². The van der Waals surface area contributed by atoms with E-state index in [1.54, 1.807) is 0 Å². The van der Waals surface area contributed by atoms with Crippen LogP contribution in [0.15, 0.2) is 23.8 Å². The molecular formula is C22H28N2O11. The van der Waals surface area contributed by atoms with E-state index in [1.807, 2.05) is 0 Å². The lowest BCUT2D eigenvalue weighted by Crippen LogP contribution is -2.76. The van der Waals surface area contributed by atoms with Crippen LogP contribution in [-0.2, 0) is 24.8 Å². The van der Waals surface area contributed by atoms with Gasteiger partial charge in [-0.3, -0.25) is 24.1 Å². The second-order valence-corrected chi connectivity index (χ2v) is 9.21. The Labute approximate surface area is 198 Å². The molecule has 13 nitrogen and oxygen atoms in total. The number of nitrogens with zero attached hydrogens (tertiary/aromatic N) is 1. The zero-order valence-electron chi connectivity index (χ0n) is 19.0. The molecule has 2 saturated carbocycles. The molecule has 13 heteroatoms. The van der Waals surface area contributed by atoms with Gasteiger partial charge in [0.2, 0.25) is 11.7 Å². The van der Waals surface area contributed by atoms with E-state index in [0.717, 1.165) is 0 Å². The number of aliphatic hydroxyl groups excluding tert-OH is 2. The van der Waals surface area contributed by atoms with E-state index in [9.17, 15) is 44.7 Å². The Bertz CT molecular complexity index is 1160. The summed E-state index contributed by atoms with van der Waals surface area (Å²) in [5.74, 6) is -12.1. The quantitative estimate of drug-likeness (QED) is 0.218. The molecule has 0 aromatic heterocycles. The summed E-state index contributed by atoms with van der Waals surface area (Å²) in [4.78, 5) is 53.1. The minimum absolute atomic E-state index is 0. The second-order valence-electron chi connectivity index (χ2n) is 9.21. The Morgan fingerprint density at radius 3 is 2.17 bits per heavy atom. The highest BCUT2D eigenvalue weighted by molar-refractivity contribution is 6.32. The van der Waals surface area contributed by atoms with Crippen molar-refractivity contribution in [2.24, 2.45) is 23.5 Å². The number of phenolic OH excluding ortho intramolecular Hbond substituents is 1. The molecule has 0 saturated heterocycles. The van der Waals surface area contributed by atoms with E-state index in [0.29, 0.717) is 0 Å². The maximum Gasteiger partial charge on any atom is 0.235 e. The molecule has 1 amide bonds. The summed E-state index contributed by atoms with van der Waals surface area (Å²) in [5, 5.41) is 55.5. The molecule has 3 aliphatic carbocycles. The van der Waals surface area contributed by atoms with Gasteiger partial charge >= 0.3 is 0 Å². The number of Topliss-reactive ketones (excluding diaryl/α,β-unsaturated/α-hetero) is 3. The van der Waals surface area contributed by atoms with Crippen molar-refractivity contribution in [2.75, 3.05) is 14.1 Å². The summed E-state index contributed by atoms with van der Waals surface area (Å²) in [6.45, 7) is 1.24. The van der Waals surface area contributed by atoms with Gasteiger partial charge in [-0.2, -0.15) is 0 Å². The summed E-state index contributed by atoms with van der Waals surface area (Å²) >= 11 is 0. The van der Waals surface area contributed by atoms with Gasteiger partial charge in [0.05, 0.1) is 40.7 Å². The topological polar surface area (TPSA) is 262 Å². The monoisotopic (exact) mass is 496 g/mol. The number of amides is 1. The van der Waals surface area contributed by atoms with Crippen LogP contribution >= 0.6 is 0 Å². The largest absolute Gasteiger partial charge is 0.507 e. The van der Waals surface area contributed by atoms with Gasteiger partial charge in [-0.15, -0.1) is 0 Å². The Morgan fingerprint density at radius 1 is 1.09 bits per heavy atom. The average molecular weight is 496 g/mol. The van der Waals surface area contributed by atoms with E-state index in [4.69, 9.17) is 5.73 Å². The molecular weight excluding hydrogens is 468 g/mol. The molecule has 2 fully saturated rings. The van der Waals surface area contributed by atoms with Crippen molar-refractivity contribution in [1.82, 2.24) is 4.90 Å². The Morgan fingerprint density at radius 2 is 1.66 bits per heavy atom. The lowest BCUT2D eigenvalue weighted by molar-refractivity contribution is -0.195. The van der Waals surface area contributed by atoms with Crippen molar-refractivity contribution in [1.29, 1.82) is 0 Å². The van der Waals surface area contributed by atoms with Crippen molar-refractivity contribution < 1.29 is 55.7 Å². The number of phenols is 1. The number of aliphatic hydroxyl groups is 4. The van der Waals surface area contributed by atoms with E-state index >= 15 is 0 Å². The number of benzene rings is 1. The fraction of sp³-hybridized carbons (Fsp3) is 0.455. The molecule has 0 spiro atoms. The van der Waals surface area contributed by atoms with Crippen LogP contribution in [0.3, 0.4) is 0 Å². The minimum Gasteiger partial charge on any atom is -0.507 e. The molecule has 0 radical (unpaired) electrons. The van der Waals surface area contributed by atoms with Crippen LogP contribution < -0.4 is 5.73 Å². The van der Waals surface area contributed by atoms with Gasteiger partial charge in [0.1, 0.15) is 11.5 Å². The van der Waals surface area contributed by atoms with E-state index in [2.05, 4.69) is 0 Å². The first-order valence-electron chi connectivity index (χ1n) is 10.2. The third-order valence-electron chi connectivity index (χ3n) is 7.17. The molecule has 7 atom stereocenters. The Kier molecular flexibility index (Phi) is 6.79. The standard InChI is InChI=1S/C22H24N2O9.2H2O/c1-21(32)7-5-4-6-8(25)9(7)15(26)10-12(21)17(28)13-14(24(2)3)16(27)11(20(23)31)19(30)22(13,33)18(10)29;;/h4-6,11-14,17,25-26,28,32-33H,1-3H3,(H2,23,31);2*1H2/t11?,12-,13-,14+,17+,21-,22+;;/m1../s1. The Hall–Kier alpha value is -3.20. The molecule has 0 heterocycles. The van der Waals surface area contributed by atoms with Crippen molar-refractivity contribution in [2.45, 2.75) is 30.3 Å². The van der Waals surface area contributed by atoms with Crippen molar-refractivity contribution in [3.05, 3.63) is 34.9 Å². The maximum atomic E-state index is 13.7. The molecule has 4 rings (SSSR count). The predicted molar refractivity (Wildman–Crippen MR) is 118 cm³/mol. The van der Waals surface area contributed by atoms with Gasteiger partial charge in [0, 0.05) is 0 Å². The number of carbonyl (C=O) groups is 4. The van der Waals surface area contributed by atoms with Crippen molar-refractivity contribution in [3.63, 3.8) is 0 Å². The normalized spacial score (nSPS) is 36.0. The van der Waals surface area contributed by atoms with Crippen molar-refractivity contribution in [3.8, 4) is 5.75 Å². The first-order valence-corrected chi connectivity index (χ1v) is 10.2. The molecule has 0 aliphatic heterocycles. The number of nitrogens with two attached hydrogens (primary N) is 1. The highest BCUT2D eigenvalue weighted by Crippen LogP contribution is 2.56. The van der Waals surface area contributed by atoms with Gasteiger partial charge in [-0.05, 0) is 32.6 Å². The summed E-state index contributed by atoms with van der Waals surface area (Å²) in [7, 11) is 2.78. The van der Waals surface area contributed by atoms with Crippen molar-refractivity contribution >= 4 is 29.0 Å². The molecule has 35 heavy (non-hydrogen) atoms. The molecule has 3 aliphatic rings. The number of carbonyl (C=O) groups excluding carboxylic acids is 4. The Balaban J connectivity index is 0.00000216. The second kappa shape index (κ2) is 8.48. The molecule has 1 unspecified atom stereocenters. The minimum atomic E-state index is -3.10. The predicted octanol–water partition coefficient (Wildman–Crippen LogP) is -3.68. The number of primary amides is 1. The number of aromatic hydroxyl groups is 1. The zero-order valence-corrected chi connectivity index (χ0v) is 19.0. The van der Waals surface area contributed by atoms with Crippen LogP contribution in [0.2, 0.25) is 0 Å². The summed E-state index contributed by atoms with van der Waals surface area (Å²) in [6.07, 6.45) is -1.90. The van der Waals surface area contributed by atoms with Crippen LogP contribution in [-0.4, -0.2) is 96.5 Å². The molecule has 1 aromatic rings. The van der Waals surface area contributed by atoms with Crippen LogP contribution in [0, 0.1) is 17.8 Å². The first-order chi connectivity index (χ1) is 15.2. The highest BCUT2D eigenvalue weighted by Gasteiger charge is 2.72. The fourth-order valence-electron chi connectivity index (χ4n) is 5.74. The van der Waals surface area contributed by atoms with Crippen LogP contribution in [0.25, 0.3) is 5.76 Å².